The Balaban J connectivity index is 2.31. The Morgan fingerprint density at radius 3 is 2.57 bits per heavy atom. The zero-order valence-corrected chi connectivity index (χ0v) is 13.4. The van der Waals surface area contributed by atoms with Crippen LogP contribution in [0, 0.1) is 16.0 Å². The third-order valence-electron chi connectivity index (χ3n) is 4.37. The van der Waals surface area contributed by atoms with Gasteiger partial charge in [-0.2, -0.15) is 0 Å². The number of rotatable bonds is 7. The molecule has 23 heavy (non-hydrogen) atoms. The molecule has 1 aliphatic rings. The quantitative estimate of drug-likeness (QED) is 0.462. The van der Waals surface area contributed by atoms with Crippen LogP contribution in [0.1, 0.15) is 49.1 Å². The zero-order valence-electron chi connectivity index (χ0n) is 12.6. The molecular weight excluding hydrogens is 320 g/mol. The van der Waals surface area contributed by atoms with E-state index in [1.165, 1.54) is 12.1 Å². The number of carbonyl (C=O) groups is 1. The Kier molecular flexibility index (Phi) is 5.84. The zero-order chi connectivity index (χ0) is 17.0. The van der Waals surface area contributed by atoms with Crippen LogP contribution in [-0.4, -0.2) is 19.6 Å². The standard InChI is InChI=1S/C15H20N2O5S/c16-15(18)13(7-10-3-1-2-4-10)11-5-6-12(9-23(21)22)14(8-11)17(19)20/h5-6,8,10,13H,1-4,7,9H2,(H2,16,18)(H,21,22)/p-1. The van der Waals surface area contributed by atoms with E-state index in [9.17, 15) is 23.7 Å². The maximum Gasteiger partial charge on any atom is 0.273 e. The molecule has 7 nitrogen and oxygen atoms in total. The fourth-order valence-corrected chi connectivity index (χ4v) is 3.71. The van der Waals surface area contributed by atoms with Gasteiger partial charge in [0.25, 0.3) is 5.69 Å². The minimum absolute atomic E-state index is 0.108. The number of primary amides is 1. The topological polar surface area (TPSA) is 126 Å². The van der Waals surface area contributed by atoms with E-state index in [1.807, 2.05) is 0 Å². The number of nitrogens with two attached hydrogens (primary N) is 1. The molecular formula is C15H19N2O5S-. The molecule has 0 radical (unpaired) electrons. The first-order valence-corrected chi connectivity index (χ1v) is 8.75. The Bertz CT molecular complexity index is 628. The molecule has 0 spiro atoms. The highest BCUT2D eigenvalue weighted by Crippen LogP contribution is 2.35. The second-order valence-corrected chi connectivity index (χ2v) is 6.83. The van der Waals surface area contributed by atoms with E-state index in [0.717, 1.165) is 25.7 Å². The van der Waals surface area contributed by atoms with E-state index < -0.39 is 33.6 Å². The minimum Gasteiger partial charge on any atom is -0.772 e. The average molecular weight is 339 g/mol. The van der Waals surface area contributed by atoms with Crippen molar-refractivity contribution in [2.75, 3.05) is 0 Å². The van der Waals surface area contributed by atoms with Gasteiger partial charge >= 0.3 is 0 Å². The van der Waals surface area contributed by atoms with E-state index in [0.29, 0.717) is 17.9 Å². The molecule has 1 aliphatic carbocycles. The Labute approximate surface area is 136 Å². The van der Waals surface area contributed by atoms with Gasteiger partial charge in [-0.25, -0.2) is 0 Å². The molecule has 8 heteroatoms. The molecule has 0 aliphatic heterocycles. The van der Waals surface area contributed by atoms with Gasteiger partial charge in [0.15, 0.2) is 0 Å². The van der Waals surface area contributed by atoms with Crippen molar-refractivity contribution >= 4 is 22.7 Å². The first-order valence-electron chi connectivity index (χ1n) is 7.51. The van der Waals surface area contributed by atoms with Gasteiger partial charge < -0.3 is 10.3 Å². The fraction of sp³-hybridized carbons (Fsp3) is 0.533. The Hall–Kier alpha value is -1.80. The van der Waals surface area contributed by atoms with Gasteiger partial charge in [0.2, 0.25) is 5.91 Å². The lowest BCUT2D eigenvalue weighted by Crippen LogP contribution is -2.23. The van der Waals surface area contributed by atoms with Crippen LogP contribution in [0.4, 0.5) is 5.69 Å². The van der Waals surface area contributed by atoms with E-state index >= 15 is 0 Å². The molecule has 1 saturated carbocycles. The van der Waals surface area contributed by atoms with Crippen molar-refractivity contribution in [1.29, 1.82) is 0 Å². The third kappa shape index (κ3) is 4.59. The van der Waals surface area contributed by atoms with Gasteiger partial charge in [-0.1, -0.05) is 48.9 Å². The maximum atomic E-state index is 11.8. The highest BCUT2D eigenvalue weighted by Gasteiger charge is 2.27. The van der Waals surface area contributed by atoms with E-state index in [-0.39, 0.29) is 11.3 Å². The molecule has 1 aromatic carbocycles. The van der Waals surface area contributed by atoms with Crippen LogP contribution in [0.5, 0.6) is 0 Å². The fourth-order valence-electron chi connectivity index (χ4n) is 3.21. The molecule has 2 unspecified atom stereocenters. The summed E-state index contributed by atoms with van der Waals surface area (Å²) >= 11 is -2.42. The first-order chi connectivity index (χ1) is 10.9. The highest BCUT2D eigenvalue weighted by molar-refractivity contribution is 7.78. The van der Waals surface area contributed by atoms with Gasteiger partial charge in [0.05, 0.1) is 10.8 Å². The highest BCUT2D eigenvalue weighted by atomic mass is 32.2. The van der Waals surface area contributed by atoms with Crippen LogP contribution >= 0.6 is 0 Å². The van der Waals surface area contributed by atoms with Crippen molar-refractivity contribution in [3.05, 3.63) is 39.4 Å². The number of carbonyl (C=O) groups excluding carboxylic acids is 1. The Morgan fingerprint density at radius 1 is 1.39 bits per heavy atom. The first kappa shape index (κ1) is 17.6. The van der Waals surface area contributed by atoms with Gasteiger partial charge in [0.1, 0.15) is 0 Å². The molecule has 1 amide bonds. The van der Waals surface area contributed by atoms with E-state index in [4.69, 9.17) is 5.73 Å². The van der Waals surface area contributed by atoms with Crippen molar-refractivity contribution in [2.24, 2.45) is 11.7 Å². The third-order valence-corrected chi connectivity index (χ3v) is 4.92. The lowest BCUT2D eigenvalue weighted by Gasteiger charge is -2.18. The number of nitro groups is 1. The second kappa shape index (κ2) is 7.65. The van der Waals surface area contributed by atoms with Crippen LogP contribution in [0.3, 0.4) is 0 Å². The number of nitro benzene ring substituents is 1. The molecule has 0 heterocycles. The summed E-state index contributed by atoms with van der Waals surface area (Å²) < 4.78 is 21.6. The summed E-state index contributed by atoms with van der Waals surface area (Å²) in [6.45, 7) is 0. The second-order valence-electron chi connectivity index (χ2n) is 5.93. The number of amides is 1. The smallest absolute Gasteiger partial charge is 0.273 e. The molecule has 0 saturated heterocycles. The van der Waals surface area contributed by atoms with Crippen molar-refractivity contribution < 1.29 is 18.5 Å². The lowest BCUT2D eigenvalue weighted by molar-refractivity contribution is -0.385. The van der Waals surface area contributed by atoms with Crippen LogP contribution in [0.15, 0.2) is 18.2 Å². The summed E-state index contributed by atoms with van der Waals surface area (Å²) in [6, 6.07) is 4.25. The predicted molar refractivity (Wildman–Crippen MR) is 84.2 cm³/mol. The molecule has 0 bridgehead atoms. The molecule has 1 fully saturated rings. The van der Waals surface area contributed by atoms with Gasteiger partial charge in [-0.05, 0) is 17.9 Å². The summed E-state index contributed by atoms with van der Waals surface area (Å²) in [5, 5.41) is 11.2. The summed E-state index contributed by atoms with van der Waals surface area (Å²) in [4.78, 5) is 22.3. The summed E-state index contributed by atoms with van der Waals surface area (Å²) in [6.07, 6.45) is 4.92. The van der Waals surface area contributed by atoms with Crippen molar-refractivity contribution in [3.63, 3.8) is 0 Å². The average Bonchev–Trinajstić information content (AvgIpc) is 2.97. The van der Waals surface area contributed by atoms with Gasteiger partial charge in [0, 0.05) is 17.4 Å². The summed E-state index contributed by atoms with van der Waals surface area (Å²) in [7, 11) is 0. The molecule has 2 rings (SSSR count). The summed E-state index contributed by atoms with van der Waals surface area (Å²) in [5.74, 6) is -1.11. The molecule has 1 aromatic rings. The van der Waals surface area contributed by atoms with Crippen molar-refractivity contribution in [2.45, 2.75) is 43.8 Å². The molecule has 2 atom stereocenters. The predicted octanol–water partition coefficient (Wildman–Crippen LogP) is 2.12. The van der Waals surface area contributed by atoms with Gasteiger partial charge in [-0.3, -0.25) is 19.1 Å². The van der Waals surface area contributed by atoms with Crippen molar-refractivity contribution in [3.8, 4) is 0 Å². The molecule has 0 aromatic heterocycles. The van der Waals surface area contributed by atoms with Crippen LogP contribution in [-0.2, 0) is 21.6 Å². The maximum absolute atomic E-state index is 11.8. The monoisotopic (exact) mass is 339 g/mol. The number of hydrogen-bond donors (Lipinski definition) is 1. The van der Waals surface area contributed by atoms with Crippen LogP contribution in [0.25, 0.3) is 0 Å². The number of benzene rings is 1. The SMILES string of the molecule is NC(=O)C(CC1CCCC1)c1ccc(CS(=O)[O-])c([N+](=O)[O-])c1. The van der Waals surface area contributed by atoms with Gasteiger partial charge in [-0.15, -0.1) is 0 Å². The summed E-state index contributed by atoms with van der Waals surface area (Å²) in [5.41, 5.74) is 5.79. The lowest BCUT2D eigenvalue weighted by atomic mass is 9.87. The molecule has 126 valence electrons. The van der Waals surface area contributed by atoms with Crippen molar-refractivity contribution in [1.82, 2.24) is 0 Å². The largest absolute Gasteiger partial charge is 0.772 e. The number of nitrogens with zero attached hydrogens (tertiary/aromatic N) is 1. The normalized spacial score (nSPS) is 17.8. The van der Waals surface area contributed by atoms with E-state index in [2.05, 4.69) is 0 Å². The van der Waals surface area contributed by atoms with E-state index in [1.54, 1.807) is 6.07 Å². The minimum atomic E-state index is -2.42. The number of hydrogen-bond acceptors (Lipinski definition) is 5. The van der Waals surface area contributed by atoms with Crippen LogP contribution in [0.2, 0.25) is 0 Å². The molecule has 2 N–H and O–H groups in total. The Morgan fingerprint density at radius 2 is 2.04 bits per heavy atom. The van der Waals surface area contributed by atoms with Crippen LogP contribution < -0.4 is 5.73 Å².